The Morgan fingerprint density at radius 2 is 1.89 bits per heavy atom. The molecular formula is C16H23NO2. The van der Waals surface area contributed by atoms with Crippen molar-refractivity contribution in [1.82, 2.24) is 4.90 Å². The summed E-state index contributed by atoms with van der Waals surface area (Å²) >= 11 is 0. The minimum absolute atomic E-state index is 0.273. The van der Waals surface area contributed by atoms with Gasteiger partial charge in [0.05, 0.1) is 6.10 Å². The van der Waals surface area contributed by atoms with Gasteiger partial charge in [0.2, 0.25) is 5.91 Å². The van der Waals surface area contributed by atoms with Gasteiger partial charge in [0.15, 0.2) is 0 Å². The molecule has 0 saturated carbocycles. The number of methoxy groups -OCH3 is 1. The van der Waals surface area contributed by atoms with E-state index in [1.165, 1.54) is 11.1 Å². The number of aryl methyl sites for hydroxylation is 2. The van der Waals surface area contributed by atoms with Gasteiger partial charge in [-0.05, 0) is 31.7 Å². The SMILES string of the molecule is COC1CCN(C(=O)CCc2ccc(C)cc2)CC1. The first kappa shape index (κ1) is 14.1. The molecule has 0 aliphatic carbocycles. The molecule has 0 unspecified atom stereocenters. The summed E-state index contributed by atoms with van der Waals surface area (Å²) in [5.74, 6) is 0.273. The number of hydrogen-bond acceptors (Lipinski definition) is 2. The van der Waals surface area contributed by atoms with Gasteiger partial charge in [-0.3, -0.25) is 4.79 Å². The van der Waals surface area contributed by atoms with Crippen molar-refractivity contribution in [2.24, 2.45) is 0 Å². The van der Waals surface area contributed by atoms with Gasteiger partial charge in [0.1, 0.15) is 0 Å². The number of carbonyl (C=O) groups is 1. The number of benzene rings is 1. The highest BCUT2D eigenvalue weighted by Gasteiger charge is 2.21. The third kappa shape index (κ3) is 4.06. The summed E-state index contributed by atoms with van der Waals surface area (Å²) in [6.45, 7) is 3.76. The van der Waals surface area contributed by atoms with E-state index in [0.29, 0.717) is 12.5 Å². The first-order valence-electron chi connectivity index (χ1n) is 7.05. The van der Waals surface area contributed by atoms with E-state index >= 15 is 0 Å². The highest BCUT2D eigenvalue weighted by Crippen LogP contribution is 2.14. The molecule has 1 aliphatic rings. The predicted octanol–water partition coefficient (Wildman–Crippen LogP) is 2.57. The smallest absolute Gasteiger partial charge is 0.222 e. The molecule has 0 N–H and O–H groups in total. The minimum atomic E-state index is 0.273. The lowest BCUT2D eigenvalue weighted by Crippen LogP contribution is -2.40. The molecule has 1 saturated heterocycles. The number of likely N-dealkylation sites (tertiary alicyclic amines) is 1. The van der Waals surface area contributed by atoms with E-state index < -0.39 is 0 Å². The standard InChI is InChI=1S/C16H23NO2/c1-13-3-5-14(6-4-13)7-8-16(18)17-11-9-15(19-2)10-12-17/h3-6,15H,7-12H2,1-2H3. The van der Waals surface area contributed by atoms with Crippen LogP contribution < -0.4 is 0 Å². The molecule has 0 spiro atoms. The van der Waals surface area contributed by atoms with Gasteiger partial charge in [-0.15, -0.1) is 0 Å². The topological polar surface area (TPSA) is 29.5 Å². The Bertz CT molecular complexity index is 405. The second-order valence-electron chi connectivity index (χ2n) is 5.30. The van der Waals surface area contributed by atoms with Gasteiger partial charge in [0, 0.05) is 26.6 Å². The zero-order chi connectivity index (χ0) is 13.7. The summed E-state index contributed by atoms with van der Waals surface area (Å²) < 4.78 is 5.32. The second-order valence-corrected chi connectivity index (χ2v) is 5.30. The molecule has 1 amide bonds. The molecule has 1 fully saturated rings. The Morgan fingerprint density at radius 1 is 1.26 bits per heavy atom. The Labute approximate surface area is 115 Å². The Hall–Kier alpha value is -1.35. The number of amides is 1. The molecule has 1 aliphatic heterocycles. The summed E-state index contributed by atoms with van der Waals surface area (Å²) in [6.07, 6.45) is 3.71. The number of carbonyl (C=O) groups excluding carboxylic acids is 1. The van der Waals surface area contributed by atoms with Gasteiger partial charge in [0.25, 0.3) is 0 Å². The first-order chi connectivity index (χ1) is 9.19. The van der Waals surface area contributed by atoms with Crippen molar-refractivity contribution in [3.63, 3.8) is 0 Å². The van der Waals surface area contributed by atoms with Crippen molar-refractivity contribution in [2.45, 2.75) is 38.7 Å². The summed E-state index contributed by atoms with van der Waals surface area (Å²) in [5, 5.41) is 0. The summed E-state index contributed by atoms with van der Waals surface area (Å²) in [6, 6.07) is 8.42. The average Bonchev–Trinajstić information content (AvgIpc) is 2.46. The molecule has 1 aromatic carbocycles. The fourth-order valence-electron chi connectivity index (χ4n) is 2.51. The molecule has 1 heterocycles. The van der Waals surface area contributed by atoms with Crippen LogP contribution in [0.4, 0.5) is 0 Å². The minimum Gasteiger partial charge on any atom is -0.381 e. The van der Waals surface area contributed by atoms with Crippen LogP contribution in [0.25, 0.3) is 0 Å². The monoisotopic (exact) mass is 261 g/mol. The molecule has 0 bridgehead atoms. The normalized spacial score (nSPS) is 16.6. The molecule has 2 rings (SSSR count). The van der Waals surface area contributed by atoms with Crippen LogP contribution in [0.2, 0.25) is 0 Å². The third-order valence-corrected chi connectivity index (χ3v) is 3.88. The maximum absolute atomic E-state index is 12.1. The number of ether oxygens (including phenoxy) is 1. The summed E-state index contributed by atoms with van der Waals surface area (Å²) in [5.41, 5.74) is 2.50. The second kappa shape index (κ2) is 6.71. The van der Waals surface area contributed by atoms with Crippen molar-refractivity contribution in [3.05, 3.63) is 35.4 Å². The molecule has 0 atom stereocenters. The van der Waals surface area contributed by atoms with Gasteiger partial charge in [-0.1, -0.05) is 29.8 Å². The van der Waals surface area contributed by atoms with Gasteiger partial charge >= 0.3 is 0 Å². The lowest BCUT2D eigenvalue weighted by molar-refractivity contribution is -0.133. The number of hydrogen-bond donors (Lipinski definition) is 0. The molecule has 19 heavy (non-hydrogen) atoms. The van der Waals surface area contributed by atoms with Gasteiger partial charge < -0.3 is 9.64 Å². The van der Waals surface area contributed by atoms with E-state index in [9.17, 15) is 4.79 Å². The maximum Gasteiger partial charge on any atom is 0.222 e. The fraction of sp³-hybridized carbons (Fsp3) is 0.562. The molecule has 3 heteroatoms. The fourth-order valence-corrected chi connectivity index (χ4v) is 2.51. The zero-order valence-electron chi connectivity index (χ0n) is 11.9. The van der Waals surface area contributed by atoms with Gasteiger partial charge in [-0.25, -0.2) is 0 Å². The Kier molecular flexibility index (Phi) is 4.97. The average molecular weight is 261 g/mol. The van der Waals surface area contributed by atoms with Crippen molar-refractivity contribution >= 4 is 5.91 Å². The highest BCUT2D eigenvalue weighted by molar-refractivity contribution is 5.76. The van der Waals surface area contributed by atoms with E-state index in [2.05, 4.69) is 31.2 Å². The molecule has 104 valence electrons. The van der Waals surface area contributed by atoms with Crippen LogP contribution in [0.5, 0.6) is 0 Å². The maximum atomic E-state index is 12.1. The Balaban J connectivity index is 1.77. The van der Waals surface area contributed by atoms with Crippen LogP contribution in [-0.4, -0.2) is 37.1 Å². The number of rotatable bonds is 4. The highest BCUT2D eigenvalue weighted by atomic mass is 16.5. The van der Waals surface area contributed by atoms with E-state index in [4.69, 9.17) is 4.74 Å². The van der Waals surface area contributed by atoms with Crippen LogP contribution in [0.3, 0.4) is 0 Å². The van der Waals surface area contributed by atoms with Crippen molar-refractivity contribution in [3.8, 4) is 0 Å². The largest absolute Gasteiger partial charge is 0.381 e. The molecule has 0 radical (unpaired) electrons. The lowest BCUT2D eigenvalue weighted by Gasteiger charge is -2.31. The van der Waals surface area contributed by atoms with Crippen LogP contribution in [-0.2, 0) is 16.0 Å². The summed E-state index contributed by atoms with van der Waals surface area (Å²) in [7, 11) is 1.75. The number of nitrogens with zero attached hydrogens (tertiary/aromatic N) is 1. The zero-order valence-corrected chi connectivity index (χ0v) is 11.9. The van der Waals surface area contributed by atoms with Crippen LogP contribution in [0.15, 0.2) is 24.3 Å². The number of piperidine rings is 1. The lowest BCUT2D eigenvalue weighted by atomic mass is 10.0. The predicted molar refractivity (Wildman–Crippen MR) is 76.1 cm³/mol. The molecule has 0 aromatic heterocycles. The van der Waals surface area contributed by atoms with E-state index in [0.717, 1.165) is 32.4 Å². The van der Waals surface area contributed by atoms with E-state index in [1.807, 2.05) is 4.90 Å². The first-order valence-corrected chi connectivity index (χ1v) is 7.05. The quantitative estimate of drug-likeness (QED) is 0.833. The van der Waals surface area contributed by atoms with Crippen LogP contribution in [0.1, 0.15) is 30.4 Å². The van der Waals surface area contributed by atoms with Crippen LogP contribution >= 0.6 is 0 Å². The van der Waals surface area contributed by atoms with E-state index in [-0.39, 0.29) is 5.91 Å². The van der Waals surface area contributed by atoms with Crippen molar-refractivity contribution in [1.29, 1.82) is 0 Å². The van der Waals surface area contributed by atoms with Crippen molar-refractivity contribution < 1.29 is 9.53 Å². The molecule has 3 nitrogen and oxygen atoms in total. The Morgan fingerprint density at radius 3 is 2.47 bits per heavy atom. The van der Waals surface area contributed by atoms with Crippen LogP contribution in [0, 0.1) is 6.92 Å². The summed E-state index contributed by atoms with van der Waals surface area (Å²) in [4.78, 5) is 14.1. The van der Waals surface area contributed by atoms with Crippen molar-refractivity contribution in [2.75, 3.05) is 20.2 Å². The third-order valence-electron chi connectivity index (χ3n) is 3.88. The van der Waals surface area contributed by atoms with E-state index in [1.54, 1.807) is 7.11 Å². The molecular weight excluding hydrogens is 238 g/mol. The molecule has 1 aromatic rings. The van der Waals surface area contributed by atoms with Gasteiger partial charge in [-0.2, -0.15) is 0 Å².